The molecule has 1 rings (SSSR count). The second kappa shape index (κ2) is 4.05. The summed E-state index contributed by atoms with van der Waals surface area (Å²) in [5, 5.41) is 0.533. The maximum atomic E-state index is 13.4. The first-order valence-electron chi connectivity index (χ1n) is 3.83. The average Bonchev–Trinajstić information content (AvgIpc) is 2.09. The largest absolute Gasteiger partial charge is 0.300 e. The molecule has 0 aromatic heterocycles. The van der Waals surface area contributed by atoms with Crippen molar-refractivity contribution in [3.05, 3.63) is 33.6 Å². The van der Waals surface area contributed by atoms with E-state index in [0.29, 0.717) is 21.7 Å². The lowest BCUT2D eigenvalue weighted by atomic mass is 10.1. The van der Waals surface area contributed by atoms with Crippen LogP contribution in [-0.2, 0) is 11.4 Å². The molecule has 0 bridgehead atoms. The van der Waals surface area contributed by atoms with Gasteiger partial charge >= 0.3 is 0 Å². The first-order valence-corrected chi connectivity index (χ1v) is 4.21. The molecule has 1 aromatic rings. The summed E-state index contributed by atoms with van der Waals surface area (Å²) in [4.78, 5) is 4.40. The zero-order chi connectivity index (χ0) is 10.0. The Morgan fingerprint density at radius 3 is 2.69 bits per heavy atom. The number of hydrogen-bond acceptors (Lipinski definition) is 2. The summed E-state index contributed by atoms with van der Waals surface area (Å²) in [6.45, 7) is 3.43. The minimum absolute atomic E-state index is 0.0407. The van der Waals surface area contributed by atoms with Crippen molar-refractivity contribution in [2.24, 2.45) is 5.90 Å². The summed E-state index contributed by atoms with van der Waals surface area (Å²) in [5.41, 5.74) is 1.60. The first kappa shape index (κ1) is 10.4. The minimum Gasteiger partial charge on any atom is -0.300 e. The van der Waals surface area contributed by atoms with E-state index in [1.807, 2.05) is 0 Å². The molecule has 0 aliphatic rings. The molecular weight excluding hydrogens is 193 g/mol. The van der Waals surface area contributed by atoms with Gasteiger partial charge in [0.15, 0.2) is 0 Å². The summed E-state index contributed by atoms with van der Waals surface area (Å²) < 4.78 is 13.4. The predicted octanol–water partition coefficient (Wildman–Crippen LogP) is 2.49. The van der Waals surface area contributed by atoms with E-state index in [4.69, 9.17) is 17.5 Å². The van der Waals surface area contributed by atoms with Crippen LogP contribution in [0, 0.1) is 19.7 Å². The number of nitrogens with two attached hydrogens (primary N) is 1. The van der Waals surface area contributed by atoms with Crippen LogP contribution in [0.2, 0.25) is 5.02 Å². The molecule has 72 valence electrons. The van der Waals surface area contributed by atoms with Gasteiger partial charge < -0.3 is 0 Å². The van der Waals surface area contributed by atoms with E-state index < -0.39 is 0 Å². The SMILES string of the molecule is Cc1cc(Cl)c(C)c(CON)c1F. The molecule has 0 aliphatic heterocycles. The third-order valence-corrected chi connectivity index (χ3v) is 2.39. The van der Waals surface area contributed by atoms with Crippen molar-refractivity contribution in [2.45, 2.75) is 20.5 Å². The van der Waals surface area contributed by atoms with Crippen LogP contribution in [-0.4, -0.2) is 0 Å². The van der Waals surface area contributed by atoms with Gasteiger partial charge in [-0.3, -0.25) is 4.84 Å². The molecule has 2 nitrogen and oxygen atoms in total. The maximum absolute atomic E-state index is 13.4. The number of halogens is 2. The Morgan fingerprint density at radius 1 is 1.54 bits per heavy atom. The van der Waals surface area contributed by atoms with E-state index in [0.717, 1.165) is 0 Å². The van der Waals surface area contributed by atoms with Crippen molar-refractivity contribution in [3.8, 4) is 0 Å². The van der Waals surface area contributed by atoms with Crippen LogP contribution in [0.25, 0.3) is 0 Å². The molecule has 0 spiro atoms. The summed E-state index contributed by atoms with van der Waals surface area (Å²) in [5.74, 6) is 4.59. The zero-order valence-electron chi connectivity index (χ0n) is 7.53. The van der Waals surface area contributed by atoms with E-state index in [1.54, 1.807) is 19.9 Å². The van der Waals surface area contributed by atoms with E-state index in [9.17, 15) is 4.39 Å². The molecule has 1 aromatic carbocycles. The molecule has 0 saturated heterocycles. The van der Waals surface area contributed by atoms with Gasteiger partial charge in [-0.25, -0.2) is 10.3 Å². The van der Waals surface area contributed by atoms with Gasteiger partial charge in [0.25, 0.3) is 0 Å². The monoisotopic (exact) mass is 203 g/mol. The molecule has 0 atom stereocenters. The number of aryl methyl sites for hydroxylation is 1. The number of benzene rings is 1. The standard InChI is InChI=1S/C9H11ClFNO/c1-5-3-8(10)6(2)7(4-13-12)9(5)11/h3H,4,12H2,1-2H3. The topological polar surface area (TPSA) is 35.2 Å². The molecule has 0 saturated carbocycles. The highest BCUT2D eigenvalue weighted by molar-refractivity contribution is 6.31. The van der Waals surface area contributed by atoms with E-state index in [2.05, 4.69) is 4.84 Å². The highest BCUT2D eigenvalue weighted by Gasteiger charge is 2.11. The van der Waals surface area contributed by atoms with E-state index in [1.165, 1.54) is 0 Å². The molecule has 0 fully saturated rings. The van der Waals surface area contributed by atoms with Crippen LogP contribution in [0.5, 0.6) is 0 Å². The highest BCUT2D eigenvalue weighted by Crippen LogP contribution is 2.25. The average molecular weight is 204 g/mol. The fourth-order valence-electron chi connectivity index (χ4n) is 1.16. The third-order valence-electron chi connectivity index (χ3n) is 1.99. The zero-order valence-corrected chi connectivity index (χ0v) is 8.28. The van der Waals surface area contributed by atoms with Gasteiger partial charge in [0.05, 0.1) is 6.61 Å². The van der Waals surface area contributed by atoms with Crippen molar-refractivity contribution >= 4 is 11.6 Å². The molecule has 0 radical (unpaired) electrons. The lowest BCUT2D eigenvalue weighted by molar-refractivity contribution is 0.121. The molecule has 0 heterocycles. The molecule has 0 unspecified atom stereocenters. The van der Waals surface area contributed by atoms with Gasteiger partial charge in [0, 0.05) is 10.6 Å². The second-order valence-corrected chi connectivity index (χ2v) is 3.31. The lowest BCUT2D eigenvalue weighted by Crippen LogP contribution is -2.05. The van der Waals surface area contributed by atoms with Gasteiger partial charge in [0.1, 0.15) is 5.82 Å². The maximum Gasteiger partial charge on any atom is 0.132 e. The van der Waals surface area contributed by atoms with Crippen LogP contribution in [0.4, 0.5) is 4.39 Å². The van der Waals surface area contributed by atoms with Crippen molar-refractivity contribution < 1.29 is 9.23 Å². The Hall–Kier alpha value is -0.640. The van der Waals surface area contributed by atoms with Gasteiger partial charge in [-0.15, -0.1) is 0 Å². The predicted molar refractivity (Wildman–Crippen MR) is 49.9 cm³/mol. The van der Waals surface area contributed by atoms with Crippen molar-refractivity contribution in [1.82, 2.24) is 0 Å². The van der Waals surface area contributed by atoms with Crippen LogP contribution in [0.3, 0.4) is 0 Å². The van der Waals surface area contributed by atoms with Crippen molar-refractivity contribution in [2.75, 3.05) is 0 Å². The first-order chi connectivity index (χ1) is 6.07. The molecule has 0 aliphatic carbocycles. The van der Waals surface area contributed by atoms with Crippen LogP contribution >= 0.6 is 11.6 Å². The van der Waals surface area contributed by atoms with Crippen LogP contribution in [0.1, 0.15) is 16.7 Å². The second-order valence-electron chi connectivity index (χ2n) is 2.90. The molecule has 13 heavy (non-hydrogen) atoms. The van der Waals surface area contributed by atoms with Gasteiger partial charge in [0.2, 0.25) is 0 Å². The normalized spacial score (nSPS) is 10.5. The smallest absolute Gasteiger partial charge is 0.132 e. The summed E-state index contributed by atoms with van der Waals surface area (Å²) in [6, 6.07) is 1.59. The van der Waals surface area contributed by atoms with E-state index >= 15 is 0 Å². The Morgan fingerprint density at radius 2 is 2.15 bits per heavy atom. The Balaban J connectivity index is 3.28. The Bertz CT molecular complexity index is 302. The Labute approximate surface area is 81.4 Å². The molecule has 0 amide bonds. The quantitative estimate of drug-likeness (QED) is 0.750. The molecule has 4 heteroatoms. The van der Waals surface area contributed by atoms with E-state index in [-0.39, 0.29) is 12.4 Å². The van der Waals surface area contributed by atoms with Crippen molar-refractivity contribution in [1.29, 1.82) is 0 Å². The fourth-order valence-corrected chi connectivity index (χ4v) is 1.44. The summed E-state index contributed by atoms with van der Waals surface area (Å²) >= 11 is 5.86. The fraction of sp³-hybridized carbons (Fsp3) is 0.333. The number of rotatable bonds is 2. The van der Waals surface area contributed by atoms with Gasteiger partial charge in [-0.05, 0) is 31.0 Å². The number of hydrogen-bond donors (Lipinski definition) is 1. The Kier molecular flexibility index (Phi) is 3.25. The van der Waals surface area contributed by atoms with Crippen LogP contribution in [0.15, 0.2) is 6.07 Å². The van der Waals surface area contributed by atoms with Gasteiger partial charge in [-0.2, -0.15) is 0 Å². The summed E-state index contributed by atoms with van der Waals surface area (Å²) in [6.07, 6.45) is 0. The lowest BCUT2D eigenvalue weighted by Gasteiger charge is -2.09. The van der Waals surface area contributed by atoms with Crippen LogP contribution < -0.4 is 5.90 Å². The van der Waals surface area contributed by atoms with Crippen molar-refractivity contribution in [3.63, 3.8) is 0 Å². The third kappa shape index (κ3) is 1.99. The summed E-state index contributed by atoms with van der Waals surface area (Å²) in [7, 11) is 0. The molecule has 2 N–H and O–H groups in total. The highest BCUT2D eigenvalue weighted by atomic mass is 35.5. The minimum atomic E-state index is -0.299. The van der Waals surface area contributed by atoms with Gasteiger partial charge in [-0.1, -0.05) is 11.6 Å². The molecular formula is C9H11ClFNO.